The minimum absolute atomic E-state index is 0.170. The van der Waals surface area contributed by atoms with Gasteiger partial charge in [0.05, 0.1) is 11.6 Å². The summed E-state index contributed by atoms with van der Waals surface area (Å²) in [5.41, 5.74) is 5.15. The van der Waals surface area contributed by atoms with E-state index in [1.165, 1.54) is 30.2 Å². The summed E-state index contributed by atoms with van der Waals surface area (Å²) in [7, 11) is 0. The molecular formula is C16H23N3. The van der Waals surface area contributed by atoms with Crippen LogP contribution in [-0.2, 0) is 0 Å². The maximum Gasteiger partial charge on any atom is 0.0702 e. The Bertz CT molecular complexity index is 524. The molecule has 2 unspecified atom stereocenters. The number of unbranched alkanes of at least 4 members (excludes halogenated alkanes) is 1. The first-order valence-electron chi connectivity index (χ1n) is 7.07. The first-order chi connectivity index (χ1) is 9.26. The molecule has 0 spiro atoms. The minimum atomic E-state index is 0.170. The number of nitrogens with zero attached hydrogens (tertiary/aromatic N) is 1. The molecular weight excluding hydrogens is 234 g/mol. The number of hydrogen-bond donors (Lipinski definition) is 2. The normalized spacial score (nSPS) is 14.5. The number of fused-ring (bicyclic) bond motifs is 1. The molecule has 0 saturated carbocycles. The van der Waals surface area contributed by atoms with Crippen LogP contribution in [0.4, 0.5) is 0 Å². The number of hydrazine groups is 1. The van der Waals surface area contributed by atoms with Crippen LogP contribution in [0.5, 0.6) is 0 Å². The fraction of sp³-hybridized carbons (Fsp3) is 0.438. The predicted octanol–water partition coefficient (Wildman–Crippen LogP) is 3.57. The third-order valence-corrected chi connectivity index (χ3v) is 3.73. The second kappa shape index (κ2) is 6.64. The van der Waals surface area contributed by atoms with E-state index in [0.717, 1.165) is 5.52 Å². The Labute approximate surface area is 115 Å². The summed E-state index contributed by atoms with van der Waals surface area (Å²) in [6.45, 7) is 4.46. The van der Waals surface area contributed by atoms with E-state index < -0.39 is 0 Å². The molecule has 3 N–H and O–H groups in total. The van der Waals surface area contributed by atoms with Crippen LogP contribution in [0.2, 0.25) is 0 Å². The highest BCUT2D eigenvalue weighted by atomic mass is 15.2. The third-order valence-electron chi connectivity index (χ3n) is 3.73. The molecule has 2 aromatic rings. The van der Waals surface area contributed by atoms with Gasteiger partial charge in [-0.05, 0) is 30.0 Å². The van der Waals surface area contributed by atoms with Crippen molar-refractivity contribution in [3.05, 3.63) is 42.1 Å². The van der Waals surface area contributed by atoms with Gasteiger partial charge >= 0.3 is 0 Å². The molecule has 1 heterocycles. The van der Waals surface area contributed by atoms with Crippen LogP contribution >= 0.6 is 0 Å². The summed E-state index contributed by atoms with van der Waals surface area (Å²) in [5.74, 6) is 6.25. The van der Waals surface area contributed by atoms with Crippen molar-refractivity contribution < 1.29 is 0 Å². The van der Waals surface area contributed by atoms with Gasteiger partial charge in [-0.2, -0.15) is 0 Å². The Morgan fingerprint density at radius 3 is 2.84 bits per heavy atom. The lowest BCUT2D eigenvalue weighted by Gasteiger charge is -2.23. The van der Waals surface area contributed by atoms with E-state index in [9.17, 15) is 0 Å². The second-order valence-electron chi connectivity index (χ2n) is 5.23. The summed E-state index contributed by atoms with van der Waals surface area (Å²) < 4.78 is 0. The van der Waals surface area contributed by atoms with Crippen molar-refractivity contribution in [2.24, 2.45) is 11.8 Å². The zero-order chi connectivity index (χ0) is 13.7. The van der Waals surface area contributed by atoms with Gasteiger partial charge in [-0.1, -0.05) is 44.9 Å². The fourth-order valence-electron chi connectivity index (χ4n) is 2.54. The predicted molar refractivity (Wildman–Crippen MR) is 80.5 cm³/mol. The molecule has 1 aromatic carbocycles. The lowest BCUT2D eigenvalue weighted by atomic mass is 9.91. The van der Waals surface area contributed by atoms with Gasteiger partial charge in [0, 0.05) is 11.6 Å². The smallest absolute Gasteiger partial charge is 0.0702 e. The van der Waals surface area contributed by atoms with Gasteiger partial charge in [-0.25, -0.2) is 0 Å². The molecule has 3 nitrogen and oxygen atoms in total. The minimum Gasteiger partial charge on any atom is -0.271 e. The maximum atomic E-state index is 5.74. The van der Waals surface area contributed by atoms with Crippen LogP contribution < -0.4 is 11.3 Å². The molecule has 0 saturated heterocycles. The van der Waals surface area contributed by atoms with E-state index >= 15 is 0 Å². The summed E-state index contributed by atoms with van der Waals surface area (Å²) >= 11 is 0. The Balaban J connectivity index is 2.24. The first kappa shape index (κ1) is 14.0. The van der Waals surface area contributed by atoms with Crippen LogP contribution in [0.25, 0.3) is 10.9 Å². The van der Waals surface area contributed by atoms with Gasteiger partial charge in [0.25, 0.3) is 0 Å². The van der Waals surface area contributed by atoms with Gasteiger partial charge in [0.1, 0.15) is 0 Å². The van der Waals surface area contributed by atoms with Crippen molar-refractivity contribution in [1.29, 1.82) is 0 Å². The van der Waals surface area contributed by atoms with Gasteiger partial charge in [0.15, 0.2) is 0 Å². The molecule has 0 fully saturated rings. The van der Waals surface area contributed by atoms with Crippen LogP contribution in [0, 0.1) is 5.92 Å². The number of nitrogens with one attached hydrogen (secondary N) is 1. The van der Waals surface area contributed by atoms with E-state index in [1.807, 2.05) is 24.4 Å². The maximum absolute atomic E-state index is 5.74. The number of para-hydroxylation sites is 1. The molecule has 0 amide bonds. The zero-order valence-corrected chi connectivity index (χ0v) is 11.8. The number of hydrogen-bond acceptors (Lipinski definition) is 3. The molecule has 19 heavy (non-hydrogen) atoms. The lowest BCUT2D eigenvalue weighted by molar-refractivity contribution is 0.362. The number of benzene rings is 1. The molecule has 0 radical (unpaired) electrons. The molecule has 0 aliphatic rings. The topological polar surface area (TPSA) is 50.9 Å². The van der Waals surface area contributed by atoms with Crippen LogP contribution in [-0.4, -0.2) is 4.98 Å². The van der Waals surface area contributed by atoms with E-state index in [1.54, 1.807) is 0 Å². The van der Waals surface area contributed by atoms with E-state index in [2.05, 4.69) is 36.4 Å². The quantitative estimate of drug-likeness (QED) is 0.614. The third kappa shape index (κ3) is 3.31. The number of aromatic nitrogens is 1. The van der Waals surface area contributed by atoms with Crippen molar-refractivity contribution in [1.82, 2.24) is 10.4 Å². The number of rotatable bonds is 6. The van der Waals surface area contributed by atoms with Gasteiger partial charge in [0.2, 0.25) is 0 Å². The SMILES string of the molecule is CCCCC(C)C(NN)c1cnc2ccccc2c1. The van der Waals surface area contributed by atoms with Crippen molar-refractivity contribution >= 4 is 10.9 Å². The molecule has 0 bridgehead atoms. The Morgan fingerprint density at radius 1 is 1.32 bits per heavy atom. The fourth-order valence-corrected chi connectivity index (χ4v) is 2.54. The highest BCUT2D eigenvalue weighted by Crippen LogP contribution is 2.26. The van der Waals surface area contributed by atoms with Crippen molar-refractivity contribution in [2.45, 2.75) is 39.2 Å². The number of pyridine rings is 1. The van der Waals surface area contributed by atoms with Crippen LogP contribution in [0.15, 0.2) is 36.5 Å². The summed E-state index contributed by atoms with van der Waals surface area (Å²) in [6, 6.07) is 10.5. The Morgan fingerprint density at radius 2 is 2.11 bits per heavy atom. The molecule has 3 heteroatoms. The summed E-state index contributed by atoms with van der Waals surface area (Å²) in [5, 5.41) is 1.17. The van der Waals surface area contributed by atoms with Gasteiger partial charge in [-0.15, -0.1) is 0 Å². The van der Waals surface area contributed by atoms with E-state index in [-0.39, 0.29) is 6.04 Å². The Kier molecular flexibility index (Phi) is 4.88. The van der Waals surface area contributed by atoms with E-state index in [0.29, 0.717) is 5.92 Å². The molecule has 2 rings (SSSR count). The monoisotopic (exact) mass is 257 g/mol. The molecule has 102 valence electrons. The Hall–Kier alpha value is -1.45. The first-order valence-corrected chi connectivity index (χ1v) is 7.07. The van der Waals surface area contributed by atoms with E-state index in [4.69, 9.17) is 5.84 Å². The van der Waals surface area contributed by atoms with Crippen LogP contribution in [0.1, 0.15) is 44.7 Å². The van der Waals surface area contributed by atoms with Crippen LogP contribution in [0.3, 0.4) is 0 Å². The van der Waals surface area contributed by atoms with Crippen molar-refractivity contribution in [3.63, 3.8) is 0 Å². The standard InChI is InChI=1S/C16H23N3/c1-3-4-7-12(2)16(19-17)14-10-13-8-5-6-9-15(13)18-11-14/h5-6,8-12,16,19H,3-4,7,17H2,1-2H3. The highest BCUT2D eigenvalue weighted by molar-refractivity contribution is 5.78. The molecule has 0 aliphatic carbocycles. The number of nitrogens with two attached hydrogens (primary N) is 1. The average Bonchev–Trinajstić information content (AvgIpc) is 2.45. The van der Waals surface area contributed by atoms with Gasteiger partial charge in [-0.3, -0.25) is 16.3 Å². The molecule has 2 atom stereocenters. The zero-order valence-electron chi connectivity index (χ0n) is 11.8. The van der Waals surface area contributed by atoms with Crippen molar-refractivity contribution in [2.75, 3.05) is 0 Å². The van der Waals surface area contributed by atoms with Crippen molar-refractivity contribution in [3.8, 4) is 0 Å². The van der Waals surface area contributed by atoms with Gasteiger partial charge < -0.3 is 0 Å². The summed E-state index contributed by atoms with van der Waals surface area (Å²) in [4.78, 5) is 4.52. The largest absolute Gasteiger partial charge is 0.271 e. The summed E-state index contributed by atoms with van der Waals surface area (Å²) in [6.07, 6.45) is 5.57. The molecule has 1 aromatic heterocycles. The lowest BCUT2D eigenvalue weighted by Crippen LogP contribution is -2.32. The second-order valence-corrected chi connectivity index (χ2v) is 5.23. The highest BCUT2D eigenvalue weighted by Gasteiger charge is 2.18. The average molecular weight is 257 g/mol. The molecule has 0 aliphatic heterocycles.